The van der Waals surface area contributed by atoms with Crippen LogP contribution in [0, 0.1) is 10.8 Å². The summed E-state index contributed by atoms with van der Waals surface area (Å²) >= 11 is 0. The van der Waals surface area contributed by atoms with Crippen LogP contribution in [0.2, 0.25) is 0 Å². The fraction of sp³-hybridized carbons (Fsp3) is 0.704. The Bertz CT molecular complexity index is 912. The largest absolute Gasteiger partial charge is 0.459 e. The highest BCUT2D eigenvalue weighted by molar-refractivity contribution is 5.87. The van der Waals surface area contributed by atoms with Gasteiger partial charge in [-0.05, 0) is 45.6 Å². The molecule has 10 nitrogen and oxygen atoms in total. The monoisotopic (exact) mass is 520 g/mol. The molecule has 0 bridgehead atoms. The molecule has 206 valence electrons. The first-order chi connectivity index (χ1) is 17.5. The third-order valence-corrected chi connectivity index (χ3v) is 7.20. The van der Waals surface area contributed by atoms with E-state index in [0.717, 1.165) is 12.0 Å². The molecule has 0 radical (unpaired) electrons. The number of ether oxygens (including phenoxy) is 4. The van der Waals surface area contributed by atoms with E-state index in [0.29, 0.717) is 19.4 Å². The van der Waals surface area contributed by atoms with Crippen LogP contribution in [0.1, 0.15) is 53.9 Å². The van der Waals surface area contributed by atoms with Crippen molar-refractivity contribution in [3.05, 3.63) is 40.9 Å². The number of hydrogen-bond acceptors (Lipinski definition) is 9. The first kappa shape index (κ1) is 29.2. The lowest BCUT2D eigenvalue weighted by molar-refractivity contribution is -0.143. The normalized spacial score (nSPS) is 37.0. The van der Waals surface area contributed by atoms with Gasteiger partial charge < -0.3 is 29.4 Å². The van der Waals surface area contributed by atoms with Crippen molar-refractivity contribution in [3.8, 4) is 0 Å². The first-order valence-corrected chi connectivity index (χ1v) is 13.0. The lowest BCUT2D eigenvalue weighted by Gasteiger charge is -2.39. The lowest BCUT2D eigenvalue weighted by Crippen LogP contribution is -2.50. The number of carbonyl (C=O) groups is 2. The van der Waals surface area contributed by atoms with E-state index in [9.17, 15) is 19.6 Å². The van der Waals surface area contributed by atoms with Crippen LogP contribution in [0.25, 0.3) is 0 Å². The molecule has 1 spiro atoms. The minimum absolute atomic E-state index is 0.00809. The van der Waals surface area contributed by atoms with Crippen LogP contribution in [-0.2, 0) is 28.5 Å². The Hall–Kier alpha value is -2.40. The predicted octanol–water partition coefficient (Wildman–Crippen LogP) is 2.74. The second kappa shape index (κ2) is 12.9. The van der Waals surface area contributed by atoms with Crippen LogP contribution in [0.15, 0.2) is 41.1 Å². The van der Waals surface area contributed by atoms with E-state index in [1.54, 1.807) is 13.0 Å². The summed E-state index contributed by atoms with van der Waals surface area (Å²) in [4.78, 5) is 34.0. The summed E-state index contributed by atoms with van der Waals surface area (Å²) in [7, 11) is 0. The molecule has 3 aliphatic heterocycles. The molecule has 2 N–H and O–H groups in total. The quantitative estimate of drug-likeness (QED) is 0.148. The Morgan fingerprint density at radius 1 is 1.24 bits per heavy atom. The molecule has 0 aromatic rings. The summed E-state index contributed by atoms with van der Waals surface area (Å²) in [5.74, 6) is -0.415. The zero-order chi connectivity index (χ0) is 27.2. The highest BCUT2D eigenvalue weighted by atomic mass is 16.6. The Labute approximate surface area is 218 Å². The first-order valence-electron chi connectivity index (χ1n) is 13.0. The number of amides is 1. The molecule has 3 fully saturated rings. The van der Waals surface area contributed by atoms with Crippen molar-refractivity contribution in [2.75, 3.05) is 13.2 Å². The molecule has 10 heteroatoms. The SMILES string of the molecule is CC(=O)O[C@@H](C)/C=C\C(=O)N[C@@H]1C[C@H](C)[C@H](C/C=C(C)/C=C/[C@H]2O[C@H](CN=O)C[C@@]3(CO3)[C@@H]2O)O[C@@H]1C. The summed E-state index contributed by atoms with van der Waals surface area (Å²) in [5, 5.41) is 16.6. The van der Waals surface area contributed by atoms with Gasteiger partial charge in [0.05, 0.1) is 31.0 Å². The number of carbonyl (C=O) groups excluding carboxylic acids is 2. The minimum atomic E-state index is -0.783. The van der Waals surface area contributed by atoms with Gasteiger partial charge in [0, 0.05) is 19.4 Å². The van der Waals surface area contributed by atoms with Gasteiger partial charge >= 0.3 is 5.97 Å². The van der Waals surface area contributed by atoms with E-state index in [1.807, 2.05) is 26.0 Å². The third kappa shape index (κ3) is 8.29. The minimum Gasteiger partial charge on any atom is -0.459 e. The number of rotatable bonds is 10. The van der Waals surface area contributed by atoms with Gasteiger partial charge in [-0.2, -0.15) is 4.91 Å². The van der Waals surface area contributed by atoms with Crippen molar-refractivity contribution in [2.24, 2.45) is 11.1 Å². The molecule has 0 saturated carbocycles. The molecule has 0 aromatic carbocycles. The van der Waals surface area contributed by atoms with Crippen molar-refractivity contribution in [1.82, 2.24) is 5.32 Å². The van der Waals surface area contributed by atoms with E-state index in [1.165, 1.54) is 13.0 Å². The standard InChI is InChI=1S/C27H40N2O8/c1-16(7-10-24-26(32)27(15-34-27)13-21(37-24)14-28-33)6-9-23-17(2)12-22(19(4)36-23)29-25(31)11-8-18(3)35-20(5)30/h6-8,10-11,17-19,21-24,26,32H,9,12-15H2,1-5H3,(H,29,31)/b10-7+,11-8-,16-6+/t17-,18-,19+,21-,22+,23-,24+,26+,27+/m0/s1. The highest BCUT2D eigenvalue weighted by Crippen LogP contribution is 2.42. The van der Waals surface area contributed by atoms with Crippen molar-refractivity contribution >= 4 is 11.9 Å². The van der Waals surface area contributed by atoms with Crippen LogP contribution < -0.4 is 5.32 Å². The highest BCUT2D eigenvalue weighted by Gasteiger charge is 2.58. The second-order valence-electron chi connectivity index (χ2n) is 10.5. The van der Waals surface area contributed by atoms with Gasteiger partial charge in [0.2, 0.25) is 5.91 Å². The van der Waals surface area contributed by atoms with Gasteiger partial charge in [0.1, 0.15) is 30.5 Å². The Balaban J connectivity index is 1.49. The summed E-state index contributed by atoms with van der Waals surface area (Å²) in [6, 6.07) is -0.117. The van der Waals surface area contributed by atoms with Gasteiger partial charge in [-0.1, -0.05) is 35.9 Å². The Morgan fingerprint density at radius 3 is 2.62 bits per heavy atom. The van der Waals surface area contributed by atoms with Crippen LogP contribution in [0.4, 0.5) is 0 Å². The van der Waals surface area contributed by atoms with Crippen molar-refractivity contribution in [3.63, 3.8) is 0 Å². The number of nitrogens with one attached hydrogen (secondary N) is 1. The molecular weight excluding hydrogens is 480 g/mol. The van der Waals surface area contributed by atoms with Gasteiger partial charge in [-0.25, -0.2) is 0 Å². The number of nitroso groups, excluding NO2 is 1. The molecule has 0 aromatic heterocycles. The van der Waals surface area contributed by atoms with Crippen LogP contribution in [0.3, 0.4) is 0 Å². The van der Waals surface area contributed by atoms with Gasteiger partial charge in [0.15, 0.2) is 0 Å². The van der Waals surface area contributed by atoms with Crippen molar-refractivity contribution < 1.29 is 33.6 Å². The number of hydrogen-bond donors (Lipinski definition) is 2. The van der Waals surface area contributed by atoms with E-state index in [2.05, 4.69) is 23.5 Å². The molecule has 3 saturated heterocycles. The fourth-order valence-electron chi connectivity index (χ4n) is 4.96. The van der Waals surface area contributed by atoms with Crippen molar-refractivity contribution in [1.29, 1.82) is 0 Å². The van der Waals surface area contributed by atoms with Crippen molar-refractivity contribution in [2.45, 2.75) is 102 Å². The van der Waals surface area contributed by atoms with Gasteiger partial charge in [0.25, 0.3) is 0 Å². The second-order valence-corrected chi connectivity index (χ2v) is 10.5. The third-order valence-electron chi connectivity index (χ3n) is 7.20. The molecule has 0 aliphatic carbocycles. The Morgan fingerprint density at radius 2 is 1.97 bits per heavy atom. The molecule has 3 heterocycles. The van der Waals surface area contributed by atoms with E-state index in [-0.39, 0.29) is 42.7 Å². The zero-order valence-corrected chi connectivity index (χ0v) is 22.3. The van der Waals surface area contributed by atoms with Gasteiger partial charge in [-0.3, -0.25) is 9.59 Å². The molecule has 3 aliphatic rings. The number of aliphatic hydroxyl groups excluding tert-OH is 1. The molecule has 0 unspecified atom stereocenters. The predicted molar refractivity (Wildman–Crippen MR) is 137 cm³/mol. The average Bonchev–Trinajstić information content (AvgIpc) is 3.60. The van der Waals surface area contributed by atoms with E-state index in [4.69, 9.17) is 18.9 Å². The van der Waals surface area contributed by atoms with E-state index >= 15 is 0 Å². The Kier molecular flexibility index (Phi) is 10.2. The summed E-state index contributed by atoms with van der Waals surface area (Å²) < 4.78 is 22.6. The van der Waals surface area contributed by atoms with Crippen LogP contribution >= 0.6 is 0 Å². The topological polar surface area (TPSA) is 136 Å². The number of aliphatic hydroxyl groups is 1. The lowest BCUT2D eigenvalue weighted by atomic mass is 9.87. The van der Waals surface area contributed by atoms with E-state index < -0.39 is 29.9 Å². The smallest absolute Gasteiger partial charge is 0.303 e. The maximum absolute atomic E-state index is 12.3. The average molecular weight is 521 g/mol. The molecule has 9 atom stereocenters. The summed E-state index contributed by atoms with van der Waals surface area (Å²) in [6.07, 6.45) is 8.38. The number of epoxide rings is 1. The van der Waals surface area contributed by atoms with Crippen LogP contribution in [-0.4, -0.2) is 78.4 Å². The maximum Gasteiger partial charge on any atom is 0.303 e. The molecule has 37 heavy (non-hydrogen) atoms. The molecular formula is C27H40N2O8. The van der Waals surface area contributed by atoms with Crippen LogP contribution in [0.5, 0.6) is 0 Å². The summed E-state index contributed by atoms with van der Waals surface area (Å²) in [5.41, 5.74) is 0.382. The molecule has 1 amide bonds. The fourth-order valence-corrected chi connectivity index (χ4v) is 4.96. The van der Waals surface area contributed by atoms with Gasteiger partial charge in [-0.15, -0.1) is 0 Å². The number of nitrogens with zero attached hydrogens (tertiary/aromatic N) is 1. The zero-order valence-electron chi connectivity index (χ0n) is 22.3. The number of allylic oxidation sites excluding steroid dienone is 2. The summed E-state index contributed by atoms with van der Waals surface area (Å²) in [6.45, 7) is 9.56. The molecule has 3 rings (SSSR count). The number of esters is 1. The maximum atomic E-state index is 12.3.